The predicted molar refractivity (Wildman–Crippen MR) is 82.5 cm³/mol. The van der Waals surface area contributed by atoms with Crippen LogP contribution in [0.5, 0.6) is 0 Å². The van der Waals surface area contributed by atoms with Crippen molar-refractivity contribution >= 4 is 34.9 Å². The minimum absolute atomic E-state index is 0.182. The molecule has 2 aromatic rings. The van der Waals surface area contributed by atoms with Crippen LogP contribution in [-0.4, -0.2) is 22.8 Å². The molecule has 1 aromatic carbocycles. The van der Waals surface area contributed by atoms with Crippen molar-refractivity contribution in [1.29, 1.82) is 0 Å². The van der Waals surface area contributed by atoms with E-state index in [1.165, 1.54) is 0 Å². The second kappa shape index (κ2) is 6.07. The standard InChI is InChI=1S/C14H19ClN2OS/c1-4-18-8-12(9(2)3)17-13-10(15)6-5-7-11(13)16-14(17)19/h5-7,9,12H,4,8H2,1-3H3,(H,16,19). The first-order valence-corrected chi connectivity index (χ1v) is 7.31. The number of ether oxygens (including phenoxy) is 1. The maximum Gasteiger partial charge on any atom is 0.178 e. The zero-order valence-corrected chi connectivity index (χ0v) is 13.0. The van der Waals surface area contributed by atoms with Crippen LogP contribution in [0.25, 0.3) is 11.0 Å². The van der Waals surface area contributed by atoms with Gasteiger partial charge in [0.05, 0.1) is 28.7 Å². The molecule has 1 unspecified atom stereocenters. The van der Waals surface area contributed by atoms with Crippen molar-refractivity contribution in [2.75, 3.05) is 13.2 Å². The minimum Gasteiger partial charge on any atom is -0.380 e. The molecular formula is C14H19ClN2OS. The number of hydrogen-bond acceptors (Lipinski definition) is 2. The normalized spacial score (nSPS) is 13.3. The van der Waals surface area contributed by atoms with Crippen LogP contribution in [0.2, 0.25) is 5.02 Å². The molecule has 1 heterocycles. The number of aromatic amines is 1. The lowest BCUT2D eigenvalue weighted by Crippen LogP contribution is -2.21. The molecule has 0 radical (unpaired) electrons. The molecule has 0 aliphatic rings. The summed E-state index contributed by atoms with van der Waals surface area (Å²) in [6.07, 6.45) is 0. The number of para-hydroxylation sites is 1. The zero-order chi connectivity index (χ0) is 14.0. The maximum absolute atomic E-state index is 6.33. The van der Waals surface area contributed by atoms with Crippen molar-refractivity contribution in [3.63, 3.8) is 0 Å². The van der Waals surface area contributed by atoms with Gasteiger partial charge in [-0.15, -0.1) is 0 Å². The van der Waals surface area contributed by atoms with Gasteiger partial charge in [-0.25, -0.2) is 0 Å². The number of rotatable bonds is 5. The first kappa shape index (κ1) is 14.6. The number of hydrogen-bond donors (Lipinski definition) is 1. The van der Waals surface area contributed by atoms with E-state index in [1.54, 1.807) is 0 Å². The van der Waals surface area contributed by atoms with Crippen LogP contribution in [0.4, 0.5) is 0 Å². The van der Waals surface area contributed by atoms with Gasteiger partial charge in [0.25, 0.3) is 0 Å². The predicted octanol–water partition coefficient (Wildman–Crippen LogP) is 4.59. The van der Waals surface area contributed by atoms with Gasteiger partial charge >= 0.3 is 0 Å². The van der Waals surface area contributed by atoms with Gasteiger partial charge in [-0.1, -0.05) is 31.5 Å². The lowest BCUT2D eigenvalue weighted by Gasteiger charge is -2.23. The number of imidazole rings is 1. The van der Waals surface area contributed by atoms with Crippen molar-refractivity contribution < 1.29 is 4.74 Å². The largest absolute Gasteiger partial charge is 0.380 e. The van der Waals surface area contributed by atoms with Crippen molar-refractivity contribution in [3.8, 4) is 0 Å². The third-order valence-corrected chi connectivity index (χ3v) is 3.89. The zero-order valence-electron chi connectivity index (χ0n) is 11.4. The van der Waals surface area contributed by atoms with E-state index in [2.05, 4.69) is 23.4 Å². The van der Waals surface area contributed by atoms with Crippen LogP contribution in [0, 0.1) is 10.7 Å². The second-order valence-electron chi connectivity index (χ2n) is 4.91. The van der Waals surface area contributed by atoms with E-state index in [4.69, 9.17) is 28.6 Å². The fourth-order valence-corrected chi connectivity index (χ4v) is 2.86. The number of nitrogens with zero attached hydrogens (tertiary/aromatic N) is 1. The summed E-state index contributed by atoms with van der Waals surface area (Å²) in [5, 5.41) is 0.715. The summed E-state index contributed by atoms with van der Waals surface area (Å²) in [6.45, 7) is 7.68. The van der Waals surface area contributed by atoms with Gasteiger partial charge < -0.3 is 14.3 Å². The Morgan fingerprint density at radius 1 is 1.42 bits per heavy atom. The molecule has 2 rings (SSSR count). The van der Waals surface area contributed by atoms with Crippen molar-refractivity contribution in [3.05, 3.63) is 28.0 Å². The fraction of sp³-hybridized carbons (Fsp3) is 0.500. The van der Waals surface area contributed by atoms with Gasteiger partial charge in [-0.3, -0.25) is 0 Å². The summed E-state index contributed by atoms with van der Waals surface area (Å²) in [7, 11) is 0. The van der Waals surface area contributed by atoms with Gasteiger partial charge in [0, 0.05) is 6.61 Å². The number of nitrogens with one attached hydrogen (secondary N) is 1. The average molecular weight is 299 g/mol. The molecule has 3 nitrogen and oxygen atoms in total. The summed E-state index contributed by atoms with van der Waals surface area (Å²) in [4.78, 5) is 3.22. The molecule has 0 spiro atoms. The first-order chi connectivity index (χ1) is 9.06. The van der Waals surface area contributed by atoms with Crippen LogP contribution < -0.4 is 0 Å². The molecular weight excluding hydrogens is 280 g/mol. The Bertz CT molecular complexity index is 617. The Morgan fingerprint density at radius 3 is 2.79 bits per heavy atom. The molecule has 0 bridgehead atoms. The Labute approximate surface area is 123 Å². The quantitative estimate of drug-likeness (QED) is 0.819. The van der Waals surface area contributed by atoms with E-state index >= 15 is 0 Å². The molecule has 19 heavy (non-hydrogen) atoms. The first-order valence-electron chi connectivity index (χ1n) is 6.52. The monoisotopic (exact) mass is 298 g/mol. The third-order valence-electron chi connectivity index (χ3n) is 3.28. The molecule has 0 amide bonds. The highest BCUT2D eigenvalue weighted by Gasteiger charge is 2.20. The molecule has 104 valence electrons. The topological polar surface area (TPSA) is 29.9 Å². The Balaban J connectivity index is 2.58. The molecule has 1 N–H and O–H groups in total. The Morgan fingerprint density at radius 2 is 2.16 bits per heavy atom. The summed E-state index contributed by atoms with van der Waals surface area (Å²) in [5.74, 6) is 0.411. The minimum atomic E-state index is 0.182. The number of halogens is 1. The van der Waals surface area contributed by atoms with E-state index in [0.29, 0.717) is 28.9 Å². The average Bonchev–Trinajstić information content (AvgIpc) is 2.68. The second-order valence-corrected chi connectivity index (χ2v) is 5.70. The summed E-state index contributed by atoms with van der Waals surface area (Å²) in [6, 6.07) is 5.99. The van der Waals surface area contributed by atoms with Gasteiger partial charge in [0.15, 0.2) is 4.77 Å². The molecule has 0 saturated heterocycles. The Kier molecular flexibility index (Phi) is 4.66. The number of aromatic nitrogens is 2. The summed E-state index contributed by atoms with van der Waals surface area (Å²) in [5.41, 5.74) is 1.94. The maximum atomic E-state index is 6.33. The van der Waals surface area contributed by atoms with E-state index < -0.39 is 0 Å². The molecule has 5 heteroatoms. The van der Waals surface area contributed by atoms with Crippen molar-refractivity contribution in [2.45, 2.75) is 26.8 Å². The third kappa shape index (κ3) is 2.86. The fourth-order valence-electron chi connectivity index (χ4n) is 2.26. The van der Waals surface area contributed by atoms with E-state index in [0.717, 1.165) is 11.0 Å². The molecule has 1 aromatic heterocycles. The van der Waals surface area contributed by atoms with Gasteiger partial charge in [0.1, 0.15) is 0 Å². The van der Waals surface area contributed by atoms with Crippen LogP contribution >= 0.6 is 23.8 Å². The highest BCUT2D eigenvalue weighted by Crippen LogP contribution is 2.29. The summed E-state index contributed by atoms with van der Waals surface area (Å²) >= 11 is 11.8. The highest BCUT2D eigenvalue weighted by atomic mass is 35.5. The van der Waals surface area contributed by atoms with Crippen molar-refractivity contribution in [2.24, 2.45) is 5.92 Å². The number of benzene rings is 1. The molecule has 0 aliphatic carbocycles. The van der Waals surface area contributed by atoms with Crippen LogP contribution in [0.1, 0.15) is 26.8 Å². The lowest BCUT2D eigenvalue weighted by molar-refractivity contribution is 0.0974. The van der Waals surface area contributed by atoms with Gasteiger partial charge in [-0.05, 0) is 37.2 Å². The molecule has 0 aliphatic heterocycles. The SMILES string of the molecule is CCOCC(C(C)C)n1c(=S)[nH]c2cccc(Cl)c21. The molecule has 0 fully saturated rings. The summed E-state index contributed by atoms with van der Waals surface area (Å²) < 4.78 is 8.39. The van der Waals surface area contributed by atoms with Crippen LogP contribution in [-0.2, 0) is 4.74 Å². The molecule has 0 saturated carbocycles. The van der Waals surface area contributed by atoms with Crippen LogP contribution in [0.15, 0.2) is 18.2 Å². The van der Waals surface area contributed by atoms with Crippen LogP contribution in [0.3, 0.4) is 0 Å². The smallest absolute Gasteiger partial charge is 0.178 e. The van der Waals surface area contributed by atoms with E-state index in [9.17, 15) is 0 Å². The van der Waals surface area contributed by atoms with Crippen molar-refractivity contribution in [1.82, 2.24) is 9.55 Å². The Hall–Kier alpha value is -0.840. The number of H-pyrrole nitrogens is 1. The van der Waals surface area contributed by atoms with Gasteiger partial charge in [-0.2, -0.15) is 0 Å². The van der Waals surface area contributed by atoms with E-state index in [-0.39, 0.29) is 6.04 Å². The highest BCUT2D eigenvalue weighted by molar-refractivity contribution is 7.71. The molecule has 1 atom stereocenters. The van der Waals surface area contributed by atoms with E-state index in [1.807, 2.05) is 25.1 Å². The number of fused-ring (bicyclic) bond motifs is 1. The lowest BCUT2D eigenvalue weighted by atomic mass is 10.0. The van der Waals surface area contributed by atoms with Gasteiger partial charge in [0.2, 0.25) is 0 Å².